The first kappa shape index (κ1) is 13.9. The van der Waals surface area contributed by atoms with Gasteiger partial charge in [0.2, 0.25) is 0 Å². The first-order valence-electron chi connectivity index (χ1n) is 4.85. The van der Waals surface area contributed by atoms with Crippen molar-refractivity contribution in [2.45, 2.75) is 6.92 Å². The Balaban J connectivity index is 0.00000144. The van der Waals surface area contributed by atoms with Crippen molar-refractivity contribution in [1.82, 2.24) is 4.98 Å². The van der Waals surface area contributed by atoms with Gasteiger partial charge in [-0.2, -0.15) is 0 Å². The quantitative estimate of drug-likeness (QED) is 0.853. The van der Waals surface area contributed by atoms with Crippen LogP contribution in [0, 0.1) is 13.5 Å². The van der Waals surface area contributed by atoms with Crippen molar-refractivity contribution >= 4 is 22.4 Å². The van der Waals surface area contributed by atoms with E-state index >= 15 is 0 Å². The van der Waals surface area contributed by atoms with E-state index in [-0.39, 0.29) is 32.7 Å². The number of nitrogens with zero attached hydrogens (tertiary/aromatic N) is 1. The molecule has 0 fully saturated rings. The first-order valence-corrected chi connectivity index (χ1v) is 4.85. The second-order valence-corrected chi connectivity index (χ2v) is 3.46. The molecule has 17 heavy (non-hydrogen) atoms. The Kier molecular flexibility index (Phi) is 4.91. The molecular weight excluding hydrogens is 293 g/mol. The van der Waals surface area contributed by atoms with E-state index in [9.17, 15) is 4.79 Å². The summed E-state index contributed by atoms with van der Waals surface area (Å²) in [7, 11) is 0. The molecular formula is C12H11N2O2Y-. The average Bonchev–Trinajstić information content (AvgIpc) is 2.26. The number of hydrogen-bond donors (Lipinski definition) is 2. The van der Waals surface area contributed by atoms with Crippen molar-refractivity contribution in [3.05, 3.63) is 42.7 Å². The number of fused-ring (bicyclic) bond motifs is 1. The summed E-state index contributed by atoms with van der Waals surface area (Å²) in [5, 5.41) is 13.3. The van der Waals surface area contributed by atoms with E-state index in [4.69, 9.17) is 5.11 Å². The van der Waals surface area contributed by atoms with Crippen LogP contribution in [-0.4, -0.2) is 16.1 Å². The molecule has 0 unspecified atom stereocenters. The topological polar surface area (TPSA) is 62.2 Å². The first-order chi connectivity index (χ1) is 7.66. The van der Waals surface area contributed by atoms with Gasteiger partial charge in [0, 0.05) is 55.7 Å². The smallest absolute Gasteiger partial charge is 0.182 e. The van der Waals surface area contributed by atoms with E-state index < -0.39 is 5.97 Å². The number of anilines is 1. The van der Waals surface area contributed by atoms with E-state index in [0.29, 0.717) is 0 Å². The largest absolute Gasteiger partial charge is 0.510 e. The van der Waals surface area contributed by atoms with Crippen LogP contribution in [0.15, 0.2) is 30.5 Å². The maximum Gasteiger partial charge on any atom is 0.182 e. The molecule has 0 spiro atoms. The molecule has 1 heterocycles. The van der Waals surface area contributed by atoms with Gasteiger partial charge >= 0.3 is 0 Å². The third kappa shape index (κ3) is 3.41. The minimum absolute atomic E-state index is 0. The molecule has 0 aliphatic heterocycles. The van der Waals surface area contributed by atoms with Gasteiger partial charge in [0.1, 0.15) is 0 Å². The fourth-order valence-electron chi connectivity index (χ4n) is 1.56. The number of carbonyl (C=O) groups is 1. The summed E-state index contributed by atoms with van der Waals surface area (Å²) in [6, 6.07) is 7.55. The van der Waals surface area contributed by atoms with Gasteiger partial charge in [0.25, 0.3) is 0 Å². The summed E-state index contributed by atoms with van der Waals surface area (Å²) in [5.41, 5.74) is 1.71. The number of pyridine rings is 1. The van der Waals surface area contributed by atoms with Crippen molar-refractivity contribution < 1.29 is 42.6 Å². The van der Waals surface area contributed by atoms with E-state index in [1.807, 2.05) is 31.2 Å². The van der Waals surface area contributed by atoms with E-state index in [1.54, 1.807) is 6.20 Å². The van der Waals surface area contributed by atoms with Gasteiger partial charge in [-0.3, -0.25) is 9.78 Å². The number of benzene rings is 1. The van der Waals surface area contributed by atoms with Crippen molar-refractivity contribution in [2.24, 2.45) is 0 Å². The average molecular weight is 304 g/mol. The van der Waals surface area contributed by atoms with Gasteiger partial charge in [0.05, 0.1) is 0 Å². The normalized spacial score (nSPS) is 9.47. The molecule has 0 aliphatic carbocycles. The molecule has 2 rings (SSSR count). The zero-order valence-corrected chi connectivity index (χ0v) is 12.2. The molecule has 1 aromatic heterocycles. The molecule has 0 atom stereocenters. The zero-order valence-electron chi connectivity index (χ0n) is 9.34. The van der Waals surface area contributed by atoms with E-state index in [2.05, 4.69) is 10.3 Å². The summed E-state index contributed by atoms with van der Waals surface area (Å²) < 4.78 is 0. The maximum absolute atomic E-state index is 10.4. The van der Waals surface area contributed by atoms with Crippen LogP contribution < -0.4 is 5.32 Å². The molecule has 0 saturated carbocycles. The van der Waals surface area contributed by atoms with Gasteiger partial charge in [0.15, 0.2) is 5.97 Å². The van der Waals surface area contributed by atoms with Gasteiger partial charge < -0.3 is 10.4 Å². The van der Waals surface area contributed by atoms with Crippen molar-refractivity contribution in [1.29, 1.82) is 0 Å². The SMILES string of the molecule is Cc1nccc2cc(N[CH-]C(=O)O)ccc12.[Y]. The van der Waals surface area contributed by atoms with Crippen LogP contribution in [0.1, 0.15) is 5.69 Å². The van der Waals surface area contributed by atoms with Gasteiger partial charge in [-0.25, -0.2) is 6.54 Å². The number of carboxylic acids is 1. The minimum atomic E-state index is -0.994. The number of hydrogen-bond acceptors (Lipinski definition) is 3. The van der Waals surface area contributed by atoms with Crippen molar-refractivity contribution in [2.75, 3.05) is 5.32 Å². The third-order valence-electron chi connectivity index (χ3n) is 2.33. The van der Waals surface area contributed by atoms with Crippen LogP contribution in [0.2, 0.25) is 0 Å². The monoisotopic (exact) mass is 304 g/mol. The van der Waals surface area contributed by atoms with Crippen LogP contribution in [0.25, 0.3) is 10.8 Å². The Hall–Kier alpha value is -1.13. The Bertz CT molecular complexity index is 543. The zero-order chi connectivity index (χ0) is 11.5. The summed E-state index contributed by atoms with van der Waals surface area (Å²) in [5.74, 6) is -0.994. The number of aromatic nitrogens is 1. The van der Waals surface area contributed by atoms with Crippen LogP contribution in [0.4, 0.5) is 5.69 Å². The summed E-state index contributed by atoms with van der Waals surface area (Å²) in [4.78, 5) is 14.6. The van der Waals surface area contributed by atoms with Gasteiger partial charge in [-0.05, 0) is 30.5 Å². The molecule has 5 heteroatoms. The van der Waals surface area contributed by atoms with Crippen LogP contribution in [0.3, 0.4) is 0 Å². The number of rotatable bonds is 3. The van der Waals surface area contributed by atoms with Gasteiger partial charge in [-0.15, -0.1) is 0 Å². The summed E-state index contributed by atoms with van der Waals surface area (Å²) in [6.07, 6.45) is 1.74. The fraction of sp³-hybridized carbons (Fsp3) is 0.0833. The van der Waals surface area contributed by atoms with Crippen LogP contribution in [0.5, 0.6) is 0 Å². The molecule has 0 amide bonds. The molecule has 0 aliphatic rings. The maximum atomic E-state index is 10.4. The second kappa shape index (κ2) is 5.98. The Morgan fingerprint density at radius 3 is 2.88 bits per heavy atom. The van der Waals surface area contributed by atoms with E-state index in [1.165, 1.54) is 0 Å². The summed E-state index contributed by atoms with van der Waals surface area (Å²) in [6.45, 7) is 2.95. The predicted octanol–water partition coefficient (Wildman–Crippen LogP) is 2.20. The van der Waals surface area contributed by atoms with Gasteiger partial charge in [-0.1, -0.05) is 6.07 Å². The van der Waals surface area contributed by atoms with E-state index in [0.717, 1.165) is 28.7 Å². The Morgan fingerprint density at radius 2 is 2.18 bits per heavy atom. The predicted molar refractivity (Wildman–Crippen MR) is 62.0 cm³/mol. The molecule has 4 nitrogen and oxygen atoms in total. The Labute approximate surface area is 124 Å². The number of carboxylic acid groups (broad SMARTS) is 1. The molecule has 1 radical (unpaired) electrons. The second-order valence-electron chi connectivity index (χ2n) is 3.46. The number of aryl methyl sites for hydroxylation is 1. The standard InChI is InChI=1S/C12H11N2O2.Y/c1-8-11-3-2-10(14-7-12(15)16)6-9(11)4-5-13-8;/h2-7,14H,1H3,(H,15,16);/q-1;. The third-order valence-corrected chi connectivity index (χ3v) is 2.33. The van der Waals surface area contributed by atoms with Crippen molar-refractivity contribution in [3.8, 4) is 0 Å². The Morgan fingerprint density at radius 1 is 1.41 bits per heavy atom. The van der Waals surface area contributed by atoms with Crippen LogP contribution >= 0.6 is 0 Å². The van der Waals surface area contributed by atoms with Crippen molar-refractivity contribution in [3.63, 3.8) is 0 Å². The molecule has 2 aromatic rings. The molecule has 1 aromatic carbocycles. The number of aliphatic carboxylic acids is 1. The summed E-state index contributed by atoms with van der Waals surface area (Å²) >= 11 is 0. The molecule has 0 bridgehead atoms. The molecule has 0 saturated heterocycles. The fourth-order valence-corrected chi connectivity index (χ4v) is 1.56. The molecule has 85 valence electrons. The number of nitrogens with one attached hydrogen (secondary N) is 1. The minimum Gasteiger partial charge on any atom is -0.510 e. The molecule has 2 N–H and O–H groups in total. The van der Waals surface area contributed by atoms with Crippen LogP contribution in [-0.2, 0) is 37.5 Å².